The van der Waals surface area contributed by atoms with E-state index in [9.17, 15) is 4.39 Å². The van der Waals surface area contributed by atoms with Crippen LogP contribution in [0.3, 0.4) is 0 Å². The van der Waals surface area contributed by atoms with E-state index >= 15 is 0 Å². The Kier molecular flexibility index (Phi) is 2.63. The summed E-state index contributed by atoms with van der Waals surface area (Å²) in [4.78, 5) is 4.27. The third-order valence-electron chi connectivity index (χ3n) is 2.78. The largest absolute Gasteiger partial charge is 0.275 e. The van der Waals surface area contributed by atoms with Crippen LogP contribution in [0.1, 0.15) is 0 Å². The summed E-state index contributed by atoms with van der Waals surface area (Å²) in [7, 11) is 1.80. The summed E-state index contributed by atoms with van der Waals surface area (Å²) in [6.07, 6.45) is 4.94. The summed E-state index contributed by atoms with van der Waals surface area (Å²) in [5, 5.41) is 4.55. The summed E-state index contributed by atoms with van der Waals surface area (Å²) >= 11 is 3.34. The standard InChI is InChI=1S/C13H9BrFN3/c1-18-7-8(5-17-18)11-6-16-12-3-2-9(14)4-10(12)13(11)15/h2-7H,1H3. The van der Waals surface area contributed by atoms with E-state index in [2.05, 4.69) is 26.0 Å². The van der Waals surface area contributed by atoms with Gasteiger partial charge in [0.15, 0.2) is 0 Å². The highest BCUT2D eigenvalue weighted by molar-refractivity contribution is 9.10. The van der Waals surface area contributed by atoms with Gasteiger partial charge in [-0.15, -0.1) is 0 Å². The number of hydrogen-bond donors (Lipinski definition) is 0. The molecule has 0 aliphatic heterocycles. The Bertz CT molecular complexity index is 736. The second-order valence-electron chi connectivity index (χ2n) is 4.05. The molecule has 90 valence electrons. The number of pyridine rings is 1. The predicted molar refractivity (Wildman–Crippen MR) is 71.6 cm³/mol. The van der Waals surface area contributed by atoms with Crippen molar-refractivity contribution in [2.45, 2.75) is 0 Å². The number of aryl methyl sites for hydroxylation is 1. The van der Waals surface area contributed by atoms with E-state index in [4.69, 9.17) is 0 Å². The van der Waals surface area contributed by atoms with Gasteiger partial charge in [0.2, 0.25) is 0 Å². The highest BCUT2D eigenvalue weighted by Crippen LogP contribution is 2.28. The number of aromatic nitrogens is 3. The molecule has 0 aliphatic rings. The zero-order chi connectivity index (χ0) is 12.7. The van der Waals surface area contributed by atoms with Crippen molar-refractivity contribution in [3.63, 3.8) is 0 Å². The zero-order valence-corrected chi connectivity index (χ0v) is 11.1. The molecule has 0 atom stereocenters. The van der Waals surface area contributed by atoms with Crippen molar-refractivity contribution in [1.82, 2.24) is 14.8 Å². The lowest BCUT2D eigenvalue weighted by molar-refractivity contribution is 0.642. The number of hydrogen-bond acceptors (Lipinski definition) is 2. The van der Waals surface area contributed by atoms with Crippen molar-refractivity contribution in [1.29, 1.82) is 0 Å². The SMILES string of the molecule is Cn1cc(-c2cnc3ccc(Br)cc3c2F)cn1. The summed E-state index contributed by atoms with van der Waals surface area (Å²) in [5.74, 6) is -0.269. The van der Waals surface area contributed by atoms with Crippen LogP contribution in [0.25, 0.3) is 22.0 Å². The van der Waals surface area contributed by atoms with Crippen LogP contribution >= 0.6 is 15.9 Å². The quantitative estimate of drug-likeness (QED) is 0.688. The molecule has 0 spiro atoms. The van der Waals surface area contributed by atoms with Crippen molar-refractivity contribution in [2.24, 2.45) is 7.05 Å². The Morgan fingerprint density at radius 1 is 1.28 bits per heavy atom. The normalized spacial score (nSPS) is 11.1. The molecular weight excluding hydrogens is 297 g/mol. The molecule has 5 heteroatoms. The van der Waals surface area contributed by atoms with Crippen molar-refractivity contribution in [3.8, 4) is 11.1 Å². The number of rotatable bonds is 1. The van der Waals surface area contributed by atoms with Crippen LogP contribution in [0.2, 0.25) is 0 Å². The molecule has 0 saturated carbocycles. The molecule has 3 nitrogen and oxygen atoms in total. The van der Waals surface area contributed by atoms with E-state index in [1.54, 1.807) is 42.5 Å². The van der Waals surface area contributed by atoms with Gasteiger partial charge >= 0.3 is 0 Å². The maximum absolute atomic E-state index is 14.4. The second kappa shape index (κ2) is 4.17. The van der Waals surface area contributed by atoms with Crippen LogP contribution in [0.5, 0.6) is 0 Å². The average molecular weight is 306 g/mol. The number of halogens is 2. The molecule has 0 bridgehead atoms. The second-order valence-corrected chi connectivity index (χ2v) is 4.97. The fraction of sp³-hybridized carbons (Fsp3) is 0.0769. The Balaban J connectivity index is 2.28. The molecule has 3 rings (SSSR count). The minimum Gasteiger partial charge on any atom is -0.275 e. The summed E-state index contributed by atoms with van der Waals surface area (Å²) in [5.41, 5.74) is 1.83. The van der Waals surface area contributed by atoms with Crippen LogP contribution in [-0.2, 0) is 7.05 Å². The topological polar surface area (TPSA) is 30.7 Å². The molecule has 0 saturated heterocycles. The van der Waals surface area contributed by atoms with Crippen LogP contribution in [0, 0.1) is 5.82 Å². The Morgan fingerprint density at radius 3 is 2.83 bits per heavy atom. The lowest BCUT2D eigenvalue weighted by atomic mass is 10.1. The molecule has 1 aromatic carbocycles. The highest BCUT2D eigenvalue weighted by atomic mass is 79.9. The van der Waals surface area contributed by atoms with Crippen LogP contribution in [0.15, 0.2) is 41.3 Å². The van der Waals surface area contributed by atoms with Gasteiger partial charge in [0, 0.05) is 40.4 Å². The third-order valence-corrected chi connectivity index (χ3v) is 3.27. The summed E-state index contributed by atoms with van der Waals surface area (Å²) in [6, 6.07) is 5.37. The van der Waals surface area contributed by atoms with Crippen molar-refractivity contribution in [3.05, 3.63) is 47.1 Å². The van der Waals surface area contributed by atoms with Gasteiger partial charge in [-0.25, -0.2) is 4.39 Å². The minimum atomic E-state index is -0.269. The fourth-order valence-electron chi connectivity index (χ4n) is 1.89. The van der Waals surface area contributed by atoms with E-state index in [1.165, 1.54) is 0 Å². The number of benzene rings is 1. The predicted octanol–water partition coefficient (Wildman–Crippen LogP) is 3.54. The Morgan fingerprint density at radius 2 is 2.11 bits per heavy atom. The van der Waals surface area contributed by atoms with Gasteiger partial charge in [0.1, 0.15) is 5.82 Å². The summed E-state index contributed by atoms with van der Waals surface area (Å²) < 4.78 is 16.9. The van der Waals surface area contributed by atoms with Gasteiger partial charge in [0.25, 0.3) is 0 Å². The highest BCUT2D eigenvalue weighted by Gasteiger charge is 2.11. The molecule has 0 fully saturated rings. The molecule has 3 aromatic rings. The number of fused-ring (bicyclic) bond motifs is 1. The van der Waals surface area contributed by atoms with Gasteiger partial charge in [0.05, 0.1) is 11.7 Å². The molecule has 0 amide bonds. The summed E-state index contributed by atoms with van der Waals surface area (Å²) in [6.45, 7) is 0. The molecule has 0 radical (unpaired) electrons. The smallest absolute Gasteiger partial charge is 0.142 e. The lowest BCUT2D eigenvalue weighted by Gasteiger charge is -2.04. The van der Waals surface area contributed by atoms with Crippen LogP contribution in [-0.4, -0.2) is 14.8 Å². The van der Waals surface area contributed by atoms with E-state index in [1.807, 2.05) is 6.07 Å². The molecule has 18 heavy (non-hydrogen) atoms. The first-order chi connectivity index (χ1) is 8.65. The molecule has 0 N–H and O–H groups in total. The van der Waals surface area contributed by atoms with E-state index < -0.39 is 0 Å². The molecule has 2 aromatic heterocycles. The van der Waals surface area contributed by atoms with Crippen LogP contribution in [0.4, 0.5) is 4.39 Å². The third kappa shape index (κ3) is 1.80. The monoisotopic (exact) mass is 305 g/mol. The van der Waals surface area contributed by atoms with Gasteiger partial charge in [-0.05, 0) is 18.2 Å². The lowest BCUT2D eigenvalue weighted by Crippen LogP contribution is -1.89. The number of nitrogens with zero attached hydrogens (tertiary/aromatic N) is 3. The molecular formula is C13H9BrFN3. The van der Waals surface area contributed by atoms with E-state index in [-0.39, 0.29) is 5.82 Å². The fourth-order valence-corrected chi connectivity index (χ4v) is 2.26. The van der Waals surface area contributed by atoms with E-state index in [0.717, 1.165) is 10.0 Å². The maximum atomic E-state index is 14.4. The Hall–Kier alpha value is -1.75. The first kappa shape index (κ1) is 11.3. The van der Waals surface area contributed by atoms with E-state index in [0.29, 0.717) is 16.5 Å². The first-order valence-corrected chi connectivity index (χ1v) is 6.17. The van der Waals surface area contributed by atoms with Gasteiger partial charge < -0.3 is 0 Å². The molecule has 2 heterocycles. The van der Waals surface area contributed by atoms with Crippen LogP contribution < -0.4 is 0 Å². The molecule has 0 unspecified atom stereocenters. The van der Waals surface area contributed by atoms with Gasteiger partial charge in [-0.2, -0.15) is 5.10 Å². The minimum absolute atomic E-state index is 0.269. The van der Waals surface area contributed by atoms with Gasteiger partial charge in [-0.1, -0.05) is 15.9 Å². The maximum Gasteiger partial charge on any atom is 0.142 e. The average Bonchev–Trinajstić information content (AvgIpc) is 2.77. The molecule has 0 aliphatic carbocycles. The Labute approximate surface area is 111 Å². The van der Waals surface area contributed by atoms with Gasteiger partial charge in [-0.3, -0.25) is 9.67 Å². The van der Waals surface area contributed by atoms with Crippen molar-refractivity contribution in [2.75, 3.05) is 0 Å². The first-order valence-electron chi connectivity index (χ1n) is 5.38. The van der Waals surface area contributed by atoms with Crippen molar-refractivity contribution < 1.29 is 4.39 Å². The van der Waals surface area contributed by atoms with Crippen molar-refractivity contribution >= 4 is 26.8 Å². The zero-order valence-electron chi connectivity index (χ0n) is 9.56.